The van der Waals surface area contributed by atoms with Crippen molar-refractivity contribution in [2.75, 3.05) is 0 Å². The smallest absolute Gasteiger partial charge is 0.0979 e. The van der Waals surface area contributed by atoms with Gasteiger partial charge in [-0.2, -0.15) is 0 Å². The Balaban J connectivity index is 2.12. The Kier molecular flexibility index (Phi) is 2.76. The summed E-state index contributed by atoms with van der Waals surface area (Å²) in [4.78, 5) is 1.12. The van der Waals surface area contributed by atoms with Crippen LogP contribution in [0.15, 0.2) is 45.3 Å². The van der Waals surface area contributed by atoms with E-state index in [2.05, 4.69) is 44.7 Å². The molecule has 0 saturated carbocycles. The zero-order chi connectivity index (χ0) is 11.8. The summed E-state index contributed by atoms with van der Waals surface area (Å²) >= 11 is 5.23. The summed E-state index contributed by atoms with van der Waals surface area (Å²) in [7, 11) is 0. The highest BCUT2D eigenvalue weighted by molar-refractivity contribution is 9.10. The van der Waals surface area contributed by atoms with Crippen LogP contribution in [0.25, 0.3) is 0 Å². The Morgan fingerprint density at radius 1 is 1.24 bits per heavy atom. The van der Waals surface area contributed by atoms with Crippen molar-refractivity contribution < 1.29 is 5.21 Å². The molecule has 0 spiro atoms. The van der Waals surface area contributed by atoms with Crippen LogP contribution in [-0.4, -0.2) is 10.9 Å². The molecule has 2 nitrogen and oxygen atoms in total. The molecule has 17 heavy (non-hydrogen) atoms. The standard InChI is InChI=1S/C13H10BrNOS/c14-11-4-2-1-3-8(11)10-7-12(15-16)13-9(10)5-6-17-13/h1-6,10,16H,7H2. The highest BCUT2D eigenvalue weighted by Gasteiger charge is 2.31. The van der Waals surface area contributed by atoms with E-state index in [4.69, 9.17) is 5.21 Å². The zero-order valence-electron chi connectivity index (χ0n) is 8.93. The van der Waals surface area contributed by atoms with Crippen LogP contribution in [0.5, 0.6) is 0 Å². The second-order valence-electron chi connectivity index (χ2n) is 4.03. The van der Waals surface area contributed by atoms with Gasteiger partial charge in [-0.1, -0.05) is 39.3 Å². The highest BCUT2D eigenvalue weighted by atomic mass is 79.9. The molecule has 1 N–H and O–H groups in total. The SMILES string of the molecule is ON=C1CC(c2ccccc2Br)c2ccsc21. The van der Waals surface area contributed by atoms with E-state index in [1.54, 1.807) is 11.3 Å². The van der Waals surface area contributed by atoms with Crippen molar-refractivity contribution in [1.82, 2.24) is 0 Å². The summed E-state index contributed by atoms with van der Waals surface area (Å²) in [6.45, 7) is 0. The van der Waals surface area contributed by atoms with E-state index in [0.29, 0.717) is 5.92 Å². The van der Waals surface area contributed by atoms with Crippen LogP contribution in [-0.2, 0) is 0 Å². The lowest BCUT2D eigenvalue weighted by atomic mass is 9.94. The topological polar surface area (TPSA) is 32.6 Å². The lowest BCUT2D eigenvalue weighted by molar-refractivity contribution is 0.318. The lowest BCUT2D eigenvalue weighted by Gasteiger charge is -2.11. The number of halogens is 1. The summed E-state index contributed by atoms with van der Waals surface area (Å²) < 4.78 is 1.11. The third-order valence-corrected chi connectivity index (χ3v) is 4.83. The van der Waals surface area contributed by atoms with Crippen LogP contribution in [0.2, 0.25) is 0 Å². The normalized spacial score (nSPS) is 20.8. The number of hydrogen-bond donors (Lipinski definition) is 1. The minimum Gasteiger partial charge on any atom is -0.411 e. The van der Waals surface area contributed by atoms with Crippen LogP contribution < -0.4 is 0 Å². The molecular weight excluding hydrogens is 298 g/mol. The number of fused-ring (bicyclic) bond motifs is 1. The molecule has 1 aromatic carbocycles. The van der Waals surface area contributed by atoms with E-state index < -0.39 is 0 Å². The zero-order valence-corrected chi connectivity index (χ0v) is 11.3. The van der Waals surface area contributed by atoms with E-state index in [0.717, 1.165) is 21.5 Å². The molecule has 0 aliphatic heterocycles. The van der Waals surface area contributed by atoms with Gasteiger partial charge >= 0.3 is 0 Å². The average Bonchev–Trinajstić information content (AvgIpc) is 2.91. The third-order valence-electron chi connectivity index (χ3n) is 3.13. The number of nitrogens with zero attached hydrogens (tertiary/aromatic N) is 1. The maximum atomic E-state index is 9.05. The van der Waals surface area contributed by atoms with E-state index in [1.807, 2.05) is 12.1 Å². The molecule has 1 atom stereocenters. The van der Waals surface area contributed by atoms with Crippen LogP contribution >= 0.6 is 27.3 Å². The van der Waals surface area contributed by atoms with Gasteiger partial charge in [0.25, 0.3) is 0 Å². The van der Waals surface area contributed by atoms with Gasteiger partial charge < -0.3 is 5.21 Å². The van der Waals surface area contributed by atoms with Gasteiger partial charge in [0.05, 0.1) is 10.6 Å². The maximum Gasteiger partial charge on any atom is 0.0979 e. The molecule has 0 saturated heterocycles. The number of rotatable bonds is 1. The number of benzene rings is 1. The van der Waals surface area contributed by atoms with E-state index in [9.17, 15) is 0 Å². The summed E-state index contributed by atoms with van der Waals surface area (Å²) in [6, 6.07) is 10.4. The van der Waals surface area contributed by atoms with E-state index >= 15 is 0 Å². The molecule has 4 heteroatoms. The Morgan fingerprint density at radius 3 is 2.82 bits per heavy atom. The molecule has 0 amide bonds. The van der Waals surface area contributed by atoms with Crippen LogP contribution in [0.4, 0.5) is 0 Å². The summed E-state index contributed by atoms with van der Waals surface area (Å²) in [5, 5.41) is 14.5. The van der Waals surface area contributed by atoms with Gasteiger partial charge in [0, 0.05) is 16.8 Å². The van der Waals surface area contributed by atoms with Crippen LogP contribution in [0.1, 0.15) is 28.3 Å². The third kappa shape index (κ3) is 1.72. The highest BCUT2D eigenvalue weighted by Crippen LogP contribution is 2.43. The first kappa shape index (κ1) is 11.0. The molecule has 0 bridgehead atoms. The molecule has 0 fully saturated rings. The van der Waals surface area contributed by atoms with E-state index in [-0.39, 0.29) is 0 Å². The fraction of sp³-hybridized carbons (Fsp3) is 0.154. The van der Waals surface area contributed by atoms with Crippen LogP contribution in [0, 0.1) is 0 Å². The van der Waals surface area contributed by atoms with Crippen molar-refractivity contribution in [3.8, 4) is 0 Å². The summed E-state index contributed by atoms with van der Waals surface area (Å²) in [6.07, 6.45) is 0.779. The van der Waals surface area contributed by atoms with Gasteiger partial charge in [-0.25, -0.2) is 0 Å². The average molecular weight is 308 g/mol. The molecule has 3 rings (SSSR count). The molecule has 1 aliphatic rings. The fourth-order valence-corrected chi connectivity index (χ4v) is 3.86. The van der Waals surface area contributed by atoms with Crippen molar-refractivity contribution in [3.63, 3.8) is 0 Å². The quantitative estimate of drug-likeness (QED) is 0.621. The first-order valence-corrected chi connectivity index (χ1v) is 7.01. The van der Waals surface area contributed by atoms with Gasteiger partial charge in [-0.3, -0.25) is 0 Å². The number of thiophene rings is 1. The molecule has 1 aromatic heterocycles. The first-order chi connectivity index (χ1) is 8.31. The van der Waals surface area contributed by atoms with Crippen molar-refractivity contribution in [2.45, 2.75) is 12.3 Å². The Hall–Kier alpha value is -1.13. The van der Waals surface area contributed by atoms with Crippen molar-refractivity contribution in [1.29, 1.82) is 0 Å². The predicted molar refractivity (Wildman–Crippen MR) is 73.2 cm³/mol. The lowest BCUT2D eigenvalue weighted by Crippen LogP contribution is -1.98. The van der Waals surface area contributed by atoms with Crippen molar-refractivity contribution in [2.24, 2.45) is 5.16 Å². The fourth-order valence-electron chi connectivity index (χ4n) is 2.35. The second kappa shape index (κ2) is 4.27. The molecule has 0 radical (unpaired) electrons. The second-order valence-corrected chi connectivity index (χ2v) is 5.80. The Morgan fingerprint density at radius 2 is 2.06 bits per heavy atom. The van der Waals surface area contributed by atoms with Gasteiger partial charge in [-0.15, -0.1) is 11.3 Å². The van der Waals surface area contributed by atoms with E-state index in [1.165, 1.54) is 11.1 Å². The first-order valence-electron chi connectivity index (χ1n) is 5.34. The molecule has 2 aromatic rings. The van der Waals surface area contributed by atoms with Gasteiger partial charge in [-0.05, 0) is 28.6 Å². The minimum atomic E-state index is 0.303. The Labute approximate surface area is 112 Å². The van der Waals surface area contributed by atoms with Gasteiger partial charge in [0.1, 0.15) is 0 Å². The largest absolute Gasteiger partial charge is 0.411 e. The molecule has 1 heterocycles. The number of hydrogen-bond acceptors (Lipinski definition) is 3. The minimum absolute atomic E-state index is 0.303. The van der Waals surface area contributed by atoms with Gasteiger partial charge in [0.2, 0.25) is 0 Å². The Bertz CT molecular complexity index is 591. The van der Waals surface area contributed by atoms with Gasteiger partial charge in [0.15, 0.2) is 0 Å². The molecule has 1 unspecified atom stereocenters. The predicted octanol–water partition coefficient (Wildman–Crippen LogP) is 4.22. The molecule has 1 aliphatic carbocycles. The number of oxime groups is 1. The molecule has 86 valence electrons. The summed E-state index contributed by atoms with van der Waals surface area (Å²) in [5.74, 6) is 0.303. The van der Waals surface area contributed by atoms with Crippen molar-refractivity contribution in [3.05, 3.63) is 56.2 Å². The molecular formula is C13H10BrNOS. The monoisotopic (exact) mass is 307 g/mol. The van der Waals surface area contributed by atoms with Crippen molar-refractivity contribution >= 4 is 33.0 Å². The summed E-state index contributed by atoms with van der Waals surface area (Å²) in [5.41, 5.74) is 3.33. The van der Waals surface area contributed by atoms with Crippen LogP contribution in [0.3, 0.4) is 0 Å². The maximum absolute atomic E-state index is 9.05.